The van der Waals surface area contributed by atoms with E-state index in [0.717, 1.165) is 22.3 Å². The topological polar surface area (TPSA) is 73.8 Å². The van der Waals surface area contributed by atoms with E-state index in [4.69, 9.17) is 5.73 Å². The Morgan fingerprint density at radius 3 is 2.75 bits per heavy atom. The van der Waals surface area contributed by atoms with Gasteiger partial charge in [-0.15, -0.1) is 0 Å². The molecule has 0 aromatic carbocycles. The van der Waals surface area contributed by atoms with Crippen molar-refractivity contribution >= 4 is 22.6 Å². The summed E-state index contributed by atoms with van der Waals surface area (Å²) >= 11 is 0. The van der Waals surface area contributed by atoms with Crippen LogP contribution in [-0.4, -0.2) is 20.3 Å². The van der Waals surface area contributed by atoms with Crippen molar-refractivity contribution in [2.45, 2.75) is 27.3 Å². The summed E-state index contributed by atoms with van der Waals surface area (Å²) in [5.41, 5.74) is 8.60. The molecule has 16 heavy (non-hydrogen) atoms. The van der Waals surface area contributed by atoms with Crippen molar-refractivity contribution in [3.63, 3.8) is 0 Å². The highest BCUT2D eigenvalue weighted by molar-refractivity contribution is 5.91. The molecule has 2 heterocycles. The first-order chi connectivity index (χ1) is 7.52. The molecule has 0 spiro atoms. The zero-order valence-corrected chi connectivity index (χ0v) is 9.61. The highest BCUT2D eigenvalue weighted by atomic mass is 16.1. The van der Waals surface area contributed by atoms with E-state index in [2.05, 4.69) is 9.97 Å². The van der Waals surface area contributed by atoms with Crippen LogP contribution in [0, 0.1) is 13.8 Å². The number of ketones is 1. The van der Waals surface area contributed by atoms with E-state index in [0.29, 0.717) is 12.4 Å². The van der Waals surface area contributed by atoms with Crippen molar-refractivity contribution in [3.8, 4) is 0 Å². The standard InChI is InChI=1S/C11H14N4O/c1-6(16)4-15-8(3)7(2)9-10(12)13-5-14-11(9)15/h5H,4H2,1-3H3,(H2,12,13,14). The third-order valence-corrected chi connectivity index (χ3v) is 2.82. The molecular weight excluding hydrogens is 204 g/mol. The van der Waals surface area contributed by atoms with E-state index in [1.165, 1.54) is 6.33 Å². The number of Topliss-reactive ketones (excluding diaryl/α,β-unsaturated/α-hetero) is 1. The van der Waals surface area contributed by atoms with Gasteiger partial charge in [-0.1, -0.05) is 0 Å². The van der Waals surface area contributed by atoms with Crippen LogP contribution in [0.2, 0.25) is 0 Å². The summed E-state index contributed by atoms with van der Waals surface area (Å²) < 4.78 is 1.88. The van der Waals surface area contributed by atoms with Gasteiger partial charge in [-0.2, -0.15) is 0 Å². The van der Waals surface area contributed by atoms with Gasteiger partial charge < -0.3 is 10.3 Å². The molecule has 0 saturated carbocycles. The number of carbonyl (C=O) groups excluding carboxylic acids is 1. The Labute approximate surface area is 93.3 Å². The molecule has 84 valence electrons. The SMILES string of the molecule is CC(=O)Cn1c(C)c(C)c2c(N)ncnc21. The summed E-state index contributed by atoms with van der Waals surface area (Å²) in [4.78, 5) is 19.4. The van der Waals surface area contributed by atoms with Crippen LogP contribution in [0.3, 0.4) is 0 Å². The van der Waals surface area contributed by atoms with Gasteiger partial charge in [0.15, 0.2) is 0 Å². The van der Waals surface area contributed by atoms with Gasteiger partial charge in [0.2, 0.25) is 0 Å². The molecule has 0 radical (unpaired) electrons. The van der Waals surface area contributed by atoms with Crippen LogP contribution in [0.4, 0.5) is 5.82 Å². The smallest absolute Gasteiger partial charge is 0.149 e. The average molecular weight is 218 g/mol. The van der Waals surface area contributed by atoms with Crippen LogP contribution in [-0.2, 0) is 11.3 Å². The Kier molecular flexibility index (Phi) is 2.38. The van der Waals surface area contributed by atoms with E-state index < -0.39 is 0 Å². The molecule has 0 fully saturated rings. The second-order valence-corrected chi connectivity index (χ2v) is 3.96. The Bertz CT molecular complexity index is 571. The van der Waals surface area contributed by atoms with Gasteiger partial charge in [0.25, 0.3) is 0 Å². The second-order valence-electron chi connectivity index (χ2n) is 3.96. The largest absolute Gasteiger partial charge is 0.383 e. The van der Waals surface area contributed by atoms with E-state index in [-0.39, 0.29) is 5.78 Å². The van der Waals surface area contributed by atoms with E-state index >= 15 is 0 Å². The molecule has 2 aromatic heterocycles. The van der Waals surface area contributed by atoms with Gasteiger partial charge in [-0.3, -0.25) is 4.79 Å². The lowest BCUT2D eigenvalue weighted by Crippen LogP contribution is -2.08. The number of rotatable bonds is 2. The summed E-state index contributed by atoms with van der Waals surface area (Å²) in [5.74, 6) is 0.560. The first kappa shape index (κ1) is 10.6. The quantitative estimate of drug-likeness (QED) is 0.822. The number of aromatic nitrogens is 3. The number of hydrogen-bond donors (Lipinski definition) is 1. The van der Waals surface area contributed by atoms with E-state index in [1.807, 2.05) is 18.4 Å². The lowest BCUT2D eigenvalue weighted by Gasteiger charge is -2.04. The average Bonchev–Trinajstić information content (AvgIpc) is 2.44. The highest BCUT2D eigenvalue weighted by Gasteiger charge is 2.15. The molecule has 5 nitrogen and oxygen atoms in total. The van der Waals surface area contributed by atoms with Crippen molar-refractivity contribution in [1.29, 1.82) is 0 Å². The summed E-state index contributed by atoms with van der Waals surface area (Å²) in [6.45, 7) is 5.81. The fourth-order valence-electron chi connectivity index (χ4n) is 1.91. The normalized spacial score (nSPS) is 10.9. The Balaban J connectivity index is 2.79. The number of hydrogen-bond acceptors (Lipinski definition) is 4. The second kappa shape index (κ2) is 3.59. The maximum Gasteiger partial charge on any atom is 0.149 e. The number of nitrogen functional groups attached to an aromatic ring is 1. The predicted octanol–water partition coefficient (Wildman–Crippen LogP) is 1.22. The van der Waals surface area contributed by atoms with Crippen molar-refractivity contribution < 1.29 is 4.79 Å². The van der Waals surface area contributed by atoms with Gasteiger partial charge in [-0.05, 0) is 26.3 Å². The molecule has 2 rings (SSSR count). The number of nitrogens with zero attached hydrogens (tertiary/aromatic N) is 3. The van der Waals surface area contributed by atoms with Crippen LogP contribution < -0.4 is 5.73 Å². The number of fused-ring (bicyclic) bond motifs is 1. The first-order valence-corrected chi connectivity index (χ1v) is 5.07. The van der Waals surface area contributed by atoms with Crippen molar-refractivity contribution in [3.05, 3.63) is 17.6 Å². The molecule has 0 aliphatic rings. The third kappa shape index (κ3) is 1.44. The van der Waals surface area contributed by atoms with Crippen LogP contribution in [0.15, 0.2) is 6.33 Å². The lowest BCUT2D eigenvalue weighted by molar-refractivity contribution is -0.117. The van der Waals surface area contributed by atoms with Crippen LogP contribution >= 0.6 is 0 Å². The fraction of sp³-hybridized carbons (Fsp3) is 0.364. The first-order valence-electron chi connectivity index (χ1n) is 5.07. The number of aryl methyl sites for hydroxylation is 1. The van der Waals surface area contributed by atoms with Gasteiger partial charge in [-0.25, -0.2) is 9.97 Å². The minimum atomic E-state index is 0.0946. The highest BCUT2D eigenvalue weighted by Crippen LogP contribution is 2.26. The summed E-state index contributed by atoms with van der Waals surface area (Å²) in [7, 11) is 0. The summed E-state index contributed by atoms with van der Waals surface area (Å²) in [6.07, 6.45) is 1.42. The van der Waals surface area contributed by atoms with Crippen molar-refractivity contribution in [2.75, 3.05) is 5.73 Å². The lowest BCUT2D eigenvalue weighted by atomic mass is 10.2. The van der Waals surface area contributed by atoms with Gasteiger partial charge in [0, 0.05) is 5.69 Å². The van der Waals surface area contributed by atoms with E-state index in [9.17, 15) is 4.79 Å². The third-order valence-electron chi connectivity index (χ3n) is 2.82. The van der Waals surface area contributed by atoms with Crippen LogP contribution in [0.1, 0.15) is 18.2 Å². The Hall–Kier alpha value is -1.91. The molecule has 0 aliphatic carbocycles. The van der Waals surface area contributed by atoms with Gasteiger partial charge in [0.05, 0.1) is 11.9 Å². The molecule has 0 saturated heterocycles. The van der Waals surface area contributed by atoms with Gasteiger partial charge >= 0.3 is 0 Å². The number of anilines is 1. The molecular formula is C11H14N4O. The van der Waals surface area contributed by atoms with Crippen molar-refractivity contribution in [2.24, 2.45) is 0 Å². The maximum atomic E-state index is 11.2. The number of nitrogens with two attached hydrogens (primary N) is 1. The molecule has 0 unspecified atom stereocenters. The monoisotopic (exact) mass is 218 g/mol. The minimum absolute atomic E-state index is 0.0946. The van der Waals surface area contributed by atoms with Crippen molar-refractivity contribution in [1.82, 2.24) is 14.5 Å². The Morgan fingerprint density at radius 1 is 1.44 bits per heavy atom. The van der Waals surface area contributed by atoms with E-state index in [1.54, 1.807) is 6.92 Å². The Morgan fingerprint density at radius 2 is 2.12 bits per heavy atom. The zero-order valence-electron chi connectivity index (χ0n) is 9.61. The molecule has 5 heteroatoms. The molecule has 2 aromatic rings. The molecule has 2 N–H and O–H groups in total. The van der Waals surface area contributed by atoms with Crippen LogP contribution in [0.5, 0.6) is 0 Å². The molecule has 0 aliphatic heterocycles. The fourth-order valence-corrected chi connectivity index (χ4v) is 1.91. The predicted molar refractivity (Wildman–Crippen MR) is 62.1 cm³/mol. The number of carbonyl (C=O) groups is 1. The van der Waals surface area contributed by atoms with Crippen LogP contribution in [0.25, 0.3) is 11.0 Å². The molecule has 0 amide bonds. The molecule has 0 bridgehead atoms. The minimum Gasteiger partial charge on any atom is -0.383 e. The summed E-state index contributed by atoms with van der Waals surface area (Å²) in [5, 5.41) is 0.848. The maximum absolute atomic E-state index is 11.2. The molecule has 0 atom stereocenters. The summed E-state index contributed by atoms with van der Waals surface area (Å²) in [6, 6.07) is 0. The zero-order chi connectivity index (χ0) is 11.9. The van der Waals surface area contributed by atoms with Gasteiger partial charge in [0.1, 0.15) is 23.6 Å².